The molecule has 1 saturated heterocycles. The van der Waals surface area contributed by atoms with E-state index in [2.05, 4.69) is 4.90 Å². The van der Waals surface area contributed by atoms with Crippen LogP contribution in [0.2, 0.25) is 0 Å². The van der Waals surface area contributed by atoms with Gasteiger partial charge in [0.2, 0.25) is 0 Å². The van der Waals surface area contributed by atoms with Crippen molar-refractivity contribution in [1.82, 2.24) is 9.21 Å². The number of nitrogens with zero attached hydrogens (tertiary/aromatic N) is 2. The standard InChI is InChI=1S/C7H17N3O2S/c1-9(2)7-3-5-10(6-4-7)13(8,11)12/h7H,3-6H2,1-2H3,(H2,8,11,12). The maximum atomic E-state index is 11.0. The highest BCUT2D eigenvalue weighted by Gasteiger charge is 2.25. The van der Waals surface area contributed by atoms with Crippen LogP contribution in [0.15, 0.2) is 0 Å². The molecule has 5 nitrogen and oxygen atoms in total. The SMILES string of the molecule is CN(C)C1CCN(S(N)(=O)=O)CC1. The first kappa shape index (κ1) is 10.9. The highest BCUT2D eigenvalue weighted by atomic mass is 32.2. The Morgan fingerprint density at radius 2 is 1.77 bits per heavy atom. The molecular formula is C7H17N3O2S. The number of hydrogen-bond donors (Lipinski definition) is 1. The summed E-state index contributed by atoms with van der Waals surface area (Å²) < 4.78 is 23.2. The lowest BCUT2D eigenvalue weighted by Gasteiger charge is -2.33. The average molecular weight is 207 g/mol. The van der Waals surface area contributed by atoms with Crippen molar-refractivity contribution in [1.29, 1.82) is 0 Å². The topological polar surface area (TPSA) is 66.6 Å². The van der Waals surface area contributed by atoms with Gasteiger partial charge in [0.25, 0.3) is 10.2 Å². The molecule has 0 aromatic rings. The highest BCUT2D eigenvalue weighted by molar-refractivity contribution is 7.86. The lowest BCUT2D eigenvalue weighted by Crippen LogP contribution is -2.46. The van der Waals surface area contributed by atoms with Crippen molar-refractivity contribution in [3.63, 3.8) is 0 Å². The Balaban J connectivity index is 2.49. The van der Waals surface area contributed by atoms with Gasteiger partial charge in [-0.3, -0.25) is 0 Å². The van der Waals surface area contributed by atoms with Crippen molar-refractivity contribution in [3.05, 3.63) is 0 Å². The second-order valence-electron chi connectivity index (χ2n) is 3.64. The summed E-state index contributed by atoms with van der Waals surface area (Å²) in [6.45, 7) is 1.09. The minimum atomic E-state index is -3.46. The van der Waals surface area contributed by atoms with E-state index in [1.165, 1.54) is 4.31 Å². The molecule has 0 saturated carbocycles. The molecule has 0 radical (unpaired) electrons. The number of nitrogens with two attached hydrogens (primary N) is 1. The third-order valence-electron chi connectivity index (χ3n) is 2.51. The van der Waals surface area contributed by atoms with Crippen LogP contribution in [0.3, 0.4) is 0 Å². The van der Waals surface area contributed by atoms with Crippen LogP contribution in [-0.4, -0.2) is 50.8 Å². The van der Waals surface area contributed by atoms with Gasteiger partial charge >= 0.3 is 0 Å². The molecule has 0 spiro atoms. The third kappa shape index (κ3) is 2.91. The fourth-order valence-electron chi connectivity index (χ4n) is 1.61. The summed E-state index contributed by atoms with van der Waals surface area (Å²) in [5.74, 6) is 0. The minimum Gasteiger partial charge on any atom is -0.306 e. The van der Waals surface area contributed by atoms with E-state index < -0.39 is 10.2 Å². The first-order valence-electron chi connectivity index (χ1n) is 4.35. The number of rotatable bonds is 2. The van der Waals surface area contributed by atoms with Crippen molar-refractivity contribution in [2.45, 2.75) is 18.9 Å². The van der Waals surface area contributed by atoms with Crippen LogP contribution >= 0.6 is 0 Å². The fraction of sp³-hybridized carbons (Fsp3) is 1.00. The predicted molar refractivity (Wildman–Crippen MR) is 51.4 cm³/mol. The Labute approximate surface area is 79.7 Å². The lowest BCUT2D eigenvalue weighted by atomic mass is 10.1. The quantitative estimate of drug-likeness (QED) is 0.645. The molecule has 13 heavy (non-hydrogen) atoms. The molecule has 1 aliphatic heterocycles. The molecule has 0 aromatic heterocycles. The first-order chi connectivity index (χ1) is 5.91. The number of hydrogen-bond acceptors (Lipinski definition) is 3. The Hall–Kier alpha value is -0.170. The van der Waals surface area contributed by atoms with Gasteiger partial charge in [0.05, 0.1) is 0 Å². The molecule has 6 heteroatoms. The molecular weight excluding hydrogens is 190 g/mol. The summed E-state index contributed by atoms with van der Waals surface area (Å²) in [4.78, 5) is 2.13. The fourth-order valence-corrected chi connectivity index (χ4v) is 2.33. The molecule has 0 amide bonds. The van der Waals surface area contributed by atoms with E-state index >= 15 is 0 Å². The smallest absolute Gasteiger partial charge is 0.276 e. The Morgan fingerprint density at radius 1 is 1.31 bits per heavy atom. The summed E-state index contributed by atoms with van der Waals surface area (Å²) in [7, 11) is 0.562. The maximum Gasteiger partial charge on any atom is 0.276 e. The van der Waals surface area contributed by atoms with Crippen LogP contribution in [0.4, 0.5) is 0 Å². The largest absolute Gasteiger partial charge is 0.306 e. The molecule has 1 heterocycles. The molecule has 1 rings (SSSR count). The van der Waals surface area contributed by atoms with Crippen molar-refractivity contribution in [3.8, 4) is 0 Å². The molecule has 0 unspecified atom stereocenters. The van der Waals surface area contributed by atoms with E-state index in [0.717, 1.165) is 12.8 Å². The van der Waals surface area contributed by atoms with Crippen molar-refractivity contribution >= 4 is 10.2 Å². The first-order valence-corrected chi connectivity index (χ1v) is 5.86. The number of piperidine rings is 1. The summed E-state index contributed by atoms with van der Waals surface area (Å²) in [5.41, 5.74) is 0. The van der Waals surface area contributed by atoms with E-state index in [0.29, 0.717) is 19.1 Å². The molecule has 0 aliphatic carbocycles. The zero-order chi connectivity index (χ0) is 10.1. The van der Waals surface area contributed by atoms with Crippen LogP contribution < -0.4 is 5.14 Å². The van der Waals surface area contributed by atoms with Crippen LogP contribution in [-0.2, 0) is 10.2 Å². The summed E-state index contributed by atoms with van der Waals surface area (Å²) in [5, 5.41) is 5.02. The average Bonchev–Trinajstić information content (AvgIpc) is 2.03. The summed E-state index contributed by atoms with van der Waals surface area (Å²) in [6.07, 6.45) is 1.73. The van der Waals surface area contributed by atoms with Gasteiger partial charge < -0.3 is 4.90 Å². The van der Waals surface area contributed by atoms with Gasteiger partial charge in [-0.15, -0.1) is 0 Å². The molecule has 1 fully saturated rings. The van der Waals surface area contributed by atoms with Gasteiger partial charge in [-0.1, -0.05) is 0 Å². The highest BCUT2D eigenvalue weighted by Crippen LogP contribution is 2.15. The predicted octanol–water partition coefficient (Wildman–Crippen LogP) is -0.784. The van der Waals surface area contributed by atoms with Gasteiger partial charge in [0.15, 0.2) is 0 Å². The van der Waals surface area contributed by atoms with Crippen molar-refractivity contribution < 1.29 is 8.42 Å². The van der Waals surface area contributed by atoms with E-state index in [-0.39, 0.29) is 0 Å². The Bertz CT molecular complexity index is 255. The van der Waals surface area contributed by atoms with E-state index in [4.69, 9.17) is 5.14 Å². The van der Waals surface area contributed by atoms with Gasteiger partial charge in [-0.05, 0) is 26.9 Å². The molecule has 0 bridgehead atoms. The van der Waals surface area contributed by atoms with Gasteiger partial charge in [0, 0.05) is 19.1 Å². The normalized spacial score (nSPS) is 22.5. The Kier molecular flexibility index (Phi) is 3.28. The van der Waals surface area contributed by atoms with Crippen molar-refractivity contribution in [2.24, 2.45) is 5.14 Å². The molecule has 1 aliphatic rings. The maximum absolute atomic E-state index is 11.0. The van der Waals surface area contributed by atoms with Gasteiger partial charge in [-0.2, -0.15) is 12.7 Å². The summed E-state index contributed by atoms with van der Waals surface area (Å²) >= 11 is 0. The Morgan fingerprint density at radius 3 is 2.08 bits per heavy atom. The molecule has 0 atom stereocenters. The molecule has 78 valence electrons. The van der Waals surface area contributed by atoms with E-state index in [1.54, 1.807) is 0 Å². The van der Waals surface area contributed by atoms with Gasteiger partial charge in [-0.25, -0.2) is 5.14 Å². The van der Waals surface area contributed by atoms with E-state index in [9.17, 15) is 8.42 Å². The van der Waals surface area contributed by atoms with Crippen LogP contribution in [0, 0.1) is 0 Å². The third-order valence-corrected chi connectivity index (χ3v) is 3.60. The van der Waals surface area contributed by atoms with Crippen LogP contribution in [0.25, 0.3) is 0 Å². The molecule has 0 aromatic carbocycles. The van der Waals surface area contributed by atoms with Crippen LogP contribution in [0.5, 0.6) is 0 Å². The molecule has 2 N–H and O–H groups in total. The minimum absolute atomic E-state index is 0.484. The van der Waals surface area contributed by atoms with Crippen LogP contribution in [0.1, 0.15) is 12.8 Å². The zero-order valence-electron chi connectivity index (χ0n) is 8.10. The monoisotopic (exact) mass is 207 g/mol. The lowest BCUT2D eigenvalue weighted by molar-refractivity contribution is 0.196. The van der Waals surface area contributed by atoms with Gasteiger partial charge in [0.1, 0.15) is 0 Å². The van der Waals surface area contributed by atoms with E-state index in [1.807, 2.05) is 14.1 Å². The second-order valence-corrected chi connectivity index (χ2v) is 5.19. The second kappa shape index (κ2) is 3.91. The summed E-state index contributed by atoms with van der Waals surface area (Å²) in [6, 6.07) is 0.484. The zero-order valence-corrected chi connectivity index (χ0v) is 8.92. The van der Waals surface area contributed by atoms with Crippen molar-refractivity contribution in [2.75, 3.05) is 27.2 Å².